The third kappa shape index (κ3) is 6.93. The largest absolute Gasteiger partial charge is 0.208 e. The van der Waals surface area contributed by atoms with Gasteiger partial charge in [0, 0.05) is 36.9 Å². The molecular weight excluding hydrogens is 783 g/mol. The predicted octanol–water partition coefficient (Wildman–Crippen LogP) is 16.2. The van der Waals surface area contributed by atoms with Crippen LogP contribution in [0.4, 0.5) is 0 Å². The first-order valence-corrected chi connectivity index (χ1v) is 22.1. The van der Waals surface area contributed by atoms with E-state index in [1.165, 1.54) is 69.5 Å². The van der Waals surface area contributed by atoms with Gasteiger partial charge in [-0.25, -0.2) is 15.0 Å². The zero-order valence-corrected chi connectivity index (χ0v) is 34.9. The molecule has 0 saturated carbocycles. The van der Waals surface area contributed by atoms with Gasteiger partial charge in [-0.3, -0.25) is 0 Å². The quantitative estimate of drug-likeness (QED) is 0.161. The second-order valence-electron chi connectivity index (χ2n) is 16.0. The second-order valence-corrected chi connectivity index (χ2v) is 17.1. The second kappa shape index (κ2) is 15.4. The van der Waals surface area contributed by atoms with Gasteiger partial charge in [0.15, 0.2) is 17.5 Å². The van der Waals surface area contributed by atoms with E-state index in [4.69, 9.17) is 15.0 Å². The molecule has 2 heterocycles. The number of hydrogen-bond acceptors (Lipinski definition) is 4. The minimum absolute atomic E-state index is 0.630. The van der Waals surface area contributed by atoms with Gasteiger partial charge in [0.1, 0.15) is 0 Å². The first-order valence-electron chi connectivity index (χ1n) is 21.2. The van der Waals surface area contributed by atoms with Crippen molar-refractivity contribution in [1.82, 2.24) is 15.0 Å². The van der Waals surface area contributed by atoms with E-state index in [2.05, 4.69) is 224 Å². The third-order valence-electron chi connectivity index (χ3n) is 12.1. The summed E-state index contributed by atoms with van der Waals surface area (Å²) in [5.41, 5.74) is 12.2. The van der Waals surface area contributed by atoms with E-state index >= 15 is 0 Å². The molecule has 0 N–H and O–H groups in total. The third-order valence-corrected chi connectivity index (χ3v) is 13.3. The Morgan fingerprint density at radius 2 is 0.746 bits per heavy atom. The lowest BCUT2D eigenvalue weighted by Crippen LogP contribution is -2.00. The molecule has 12 aromatic rings. The molecule has 2 aromatic heterocycles. The Morgan fingerprint density at radius 3 is 1.54 bits per heavy atom. The topological polar surface area (TPSA) is 38.7 Å². The average molecular weight is 820 g/mol. The average Bonchev–Trinajstić information content (AvgIpc) is 3.74. The first kappa shape index (κ1) is 36.8. The fraction of sp³-hybridized carbons (Fsp3) is 0. The van der Waals surface area contributed by atoms with E-state index < -0.39 is 0 Å². The van der Waals surface area contributed by atoms with Gasteiger partial charge in [0.2, 0.25) is 0 Å². The lowest BCUT2D eigenvalue weighted by Gasteiger charge is -2.11. The smallest absolute Gasteiger partial charge is 0.164 e. The highest BCUT2D eigenvalue weighted by molar-refractivity contribution is 7.25. The summed E-state index contributed by atoms with van der Waals surface area (Å²) in [5.74, 6) is 1.90. The number of hydrogen-bond donors (Lipinski definition) is 0. The van der Waals surface area contributed by atoms with Crippen LogP contribution in [0.25, 0.3) is 120 Å². The molecule has 63 heavy (non-hydrogen) atoms. The van der Waals surface area contributed by atoms with E-state index in [-0.39, 0.29) is 0 Å². The molecule has 10 aromatic carbocycles. The van der Waals surface area contributed by atoms with Crippen LogP contribution < -0.4 is 0 Å². The first-order chi connectivity index (χ1) is 31.2. The number of benzene rings is 10. The molecular formula is C59H37N3S. The van der Waals surface area contributed by atoms with E-state index in [0.29, 0.717) is 17.5 Å². The van der Waals surface area contributed by atoms with Crippen LogP contribution in [0.15, 0.2) is 224 Å². The van der Waals surface area contributed by atoms with Gasteiger partial charge >= 0.3 is 0 Å². The predicted molar refractivity (Wildman–Crippen MR) is 266 cm³/mol. The lowest BCUT2D eigenvalue weighted by atomic mass is 9.97. The molecule has 0 aliphatic carbocycles. The van der Waals surface area contributed by atoms with Crippen molar-refractivity contribution < 1.29 is 0 Å². The van der Waals surface area contributed by atoms with Crippen molar-refractivity contribution in [3.8, 4) is 78.7 Å². The number of fused-ring (bicyclic) bond motifs is 5. The van der Waals surface area contributed by atoms with Gasteiger partial charge in [-0.05, 0) is 102 Å². The maximum absolute atomic E-state index is 5.22. The minimum Gasteiger partial charge on any atom is -0.208 e. The van der Waals surface area contributed by atoms with Crippen molar-refractivity contribution >= 4 is 53.1 Å². The van der Waals surface area contributed by atoms with Crippen LogP contribution in [-0.2, 0) is 0 Å². The number of thiophene rings is 1. The summed E-state index contributed by atoms with van der Waals surface area (Å²) >= 11 is 1.82. The van der Waals surface area contributed by atoms with Crippen LogP contribution in [0.1, 0.15) is 0 Å². The van der Waals surface area contributed by atoms with Crippen LogP contribution in [0.5, 0.6) is 0 Å². The molecule has 0 radical (unpaired) electrons. The summed E-state index contributed by atoms with van der Waals surface area (Å²) in [6, 6.07) is 80.1. The van der Waals surface area contributed by atoms with Crippen molar-refractivity contribution in [2.45, 2.75) is 0 Å². The van der Waals surface area contributed by atoms with Crippen molar-refractivity contribution in [2.75, 3.05) is 0 Å². The molecule has 3 nitrogen and oxygen atoms in total. The highest BCUT2D eigenvalue weighted by Crippen LogP contribution is 2.39. The van der Waals surface area contributed by atoms with Crippen LogP contribution in [-0.4, -0.2) is 15.0 Å². The van der Waals surface area contributed by atoms with Crippen LogP contribution in [0.2, 0.25) is 0 Å². The normalized spacial score (nSPS) is 11.5. The fourth-order valence-electron chi connectivity index (χ4n) is 8.83. The van der Waals surface area contributed by atoms with E-state index in [1.807, 2.05) is 11.3 Å². The number of nitrogens with zero attached hydrogens (tertiary/aromatic N) is 3. The fourth-order valence-corrected chi connectivity index (χ4v) is 9.95. The molecule has 0 bridgehead atoms. The van der Waals surface area contributed by atoms with Crippen molar-refractivity contribution in [3.63, 3.8) is 0 Å². The van der Waals surface area contributed by atoms with Gasteiger partial charge < -0.3 is 0 Å². The molecule has 0 amide bonds. The van der Waals surface area contributed by atoms with E-state index in [1.54, 1.807) is 0 Å². The van der Waals surface area contributed by atoms with Crippen LogP contribution >= 0.6 is 11.3 Å². The van der Waals surface area contributed by atoms with Crippen molar-refractivity contribution in [1.29, 1.82) is 0 Å². The van der Waals surface area contributed by atoms with Gasteiger partial charge in [-0.1, -0.05) is 188 Å². The summed E-state index contributed by atoms with van der Waals surface area (Å²) in [6.07, 6.45) is 0. The summed E-state index contributed by atoms with van der Waals surface area (Å²) in [6.45, 7) is 0. The number of rotatable bonds is 7. The molecule has 0 aliphatic rings. The summed E-state index contributed by atoms with van der Waals surface area (Å²) in [7, 11) is 0. The molecule has 294 valence electrons. The highest BCUT2D eigenvalue weighted by atomic mass is 32.1. The molecule has 0 aliphatic heterocycles. The molecule has 0 fully saturated rings. The molecule has 0 atom stereocenters. The highest BCUT2D eigenvalue weighted by Gasteiger charge is 2.16. The van der Waals surface area contributed by atoms with E-state index in [9.17, 15) is 0 Å². The van der Waals surface area contributed by atoms with Gasteiger partial charge in [-0.15, -0.1) is 11.3 Å². The van der Waals surface area contributed by atoms with Crippen molar-refractivity contribution in [2.24, 2.45) is 0 Å². The number of aromatic nitrogens is 3. The van der Waals surface area contributed by atoms with Crippen LogP contribution in [0.3, 0.4) is 0 Å². The minimum atomic E-state index is 0.630. The monoisotopic (exact) mass is 819 g/mol. The zero-order chi connectivity index (χ0) is 41.7. The molecule has 0 saturated heterocycles. The van der Waals surface area contributed by atoms with Crippen LogP contribution in [0, 0.1) is 0 Å². The van der Waals surface area contributed by atoms with Gasteiger partial charge in [0.05, 0.1) is 0 Å². The SMILES string of the molecule is c1ccc(-c2ccc3c(c2)sc2ccc(-c4nc(-c5ccc(-c6cccc7ccccc67)cc5)nc(-c5cccc(-c6ccc(-c7ccc8ccccc8c7)cc6)c5)n4)cc23)cc1. The maximum atomic E-state index is 5.22. The summed E-state index contributed by atoms with van der Waals surface area (Å²) in [5, 5.41) is 7.37. The molecule has 0 unspecified atom stereocenters. The summed E-state index contributed by atoms with van der Waals surface area (Å²) in [4.78, 5) is 15.6. The van der Waals surface area contributed by atoms with Crippen molar-refractivity contribution in [3.05, 3.63) is 224 Å². The Kier molecular flexibility index (Phi) is 9.02. The zero-order valence-electron chi connectivity index (χ0n) is 34.1. The molecule has 0 spiro atoms. The molecule has 12 rings (SSSR count). The maximum Gasteiger partial charge on any atom is 0.164 e. The Bertz CT molecular complexity index is 3660. The lowest BCUT2D eigenvalue weighted by molar-refractivity contribution is 1.07. The molecule has 4 heteroatoms. The van der Waals surface area contributed by atoms with E-state index in [0.717, 1.165) is 33.4 Å². The Balaban J connectivity index is 0.942. The standard InChI is InChI=1S/C59H37N3S/c1-2-10-38(11-3-1)48-30-32-53-54-36-50(31-33-55(54)63-56(53)37-48)59-61-57(44-27-25-43(26-28-44)52-19-9-15-42-13-6-7-18-51(42)52)60-58(62-59)49-17-8-16-46(35-49)40-20-22-41(23-21-40)47-29-24-39-12-4-5-14-45(39)34-47/h1-37H. The Labute approximate surface area is 369 Å². The Hall–Kier alpha value is -8.05. The Morgan fingerprint density at radius 1 is 0.238 bits per heavy atom. The van der Waals surface area contributed by atoms with Gasteiger partial charge in [0.25, 0.3) is 0 Å². The van der Waals surface area contributed by atoms with Gasteiger partial charge in [-0.2, -0.15) is 0 Å². The summed E-state index contributed by atoms with van der Waals surface area (Å²) < 4.78 is 2.49.